The number of carbonyl (C=O) groups is 1. The van der Waals surface area contributed by atoms with E-state index in [1.165, 1.54) is 28.7 Å². The summed E-state index contributed by atoms with van der Waals surface area (Å²) in [5, 5.41) is 0. The van der Waals surface area contributed by atoms with E-state index in [2.05, 4.69) is 58.9 Å². The van der Waals surface area contributed by atoms with Crippen molar-refractivity contribution in [3.05, 3.63) is 46.6 Å². The third-order valence-electron chi connectivity index (χ3n) is 7.25. The molecule has 2 nitrogen and oxygen atoms in total. The number of rotatable bonds is 11. The van der Waals surface area contributed by atoms with Gasteiger partial charge in [0.05, 0.1) is 11.7 Å². The molecule has 1 fully saturated rings. The lowest BCUT2D eigenvalue weighted by atomic mass is 9.78. The first-order valence-electron chi connectivity index (χ1n) is 12.2. The SMILES string of the molecule is CC1=CC=C2CCC(C)(CC/C=C(\C)CC/C=C(\C)CCCC(C)C(=O)I)OC2C1C. The summed E-state index contributed by atoms with van der Waals surface area (Å²) in [6.45, 7) is 13.4. The molecule has 1 aliphatic carbocycles. The van der Waals surface area contributed by atoms with Crippen molar-refractivity contribution in [1.82, 2.24) is 0 Å². The zero-order valence-electron chi connectivity index (χ0n) is 20.6. The normalized spacial score (nSPS) is 28.0. The van der Waals surface area contributed by atoms with Gasteiger partial charge in [0.15, 0.2) is 3.79 Å². The maximum absolute atomic E-state index is 11.3. The molecule has 0 spiro atoms. The van der Waals surface area contributed by atoms with Gasteiger partial charge in [-0.15, -0.1) is 0 Å². The molecule has 0 amide bonds. The van der Waals surface area contributed by atoms with Gasteiger partial charge in [-0.1, -0.05) is 54.9 Å². The maximum Gasteiger partial charge on any atom is 0.195 e. The molecule has 0 aromatic carbocycles. The molecule has 0 aromatic heterocycles. The minimum atomic E-state index is -0.00235. The minimum absolute atomic E-state index is 0.00235. The van der Waals surface area contributed by atoms with Gasteiger partial charge >= 0.3 is 0 Å². The smallest absolute Gasteiger partial charge is 0.195 e. The number of fused-ring (bicyclic) bond motifs is 1. The summed E-state index contributed by atoms with van der Waals surface area (Å²) in [7, 11) is 0. The summed E-state index contributed by atoms with van der Waals surface area (Å²) in [4.78, 5) is 11.3. The molecular weight excluding hydrogens is 495 g/mol. The van der Waals surface area contributed by atoms with Crippen LogP contribution in [0.4, 0.5) is 0 Å². The highest BCUT2D eigenvalue weighted by Crippen LogP contribution is 2.41. The van der Waals surface area contributed by atoms with Gasteiger partial charge in [-0.05, 0) is 114 Å². The molecule has 0 N–H and O–H groups in total. The highest BCUT2D eigenvalue weighted by molar-refractivity contribution is 14.1. The Morgan fingerprint density at radius 3 is 2.61 bits per heavy atom. The van der Waals surface area contributed by atoms with E-state index < -0.39 is 0 Å². The molecule has 0 bridgehead atoms. The largest absolute Gasteiger partial charge is 0.367 e. The van der Waals surface area contributed by atoms with Crippen molar-refractivity contribution in [3.8, 4) is 0 Å². The Balaban J connectivity index is 1.71. The second kappa shape index (κ2) is 12.5. The fourth-order valence-corrected chi connectivity index (χ4v) is 4.89. The molecule has 2 aliphatic rings. The van der Waals surface area contributed by atoms with E-state index in [-0.39, 0.29) is 21.4 Å². The molecule has 31 heavy (non-hydrogen) atoms. The Morgan fingerprint density at radius 1 is 1.23 bits per heavy atom. The fraction of sp³-hybridized carbons (Fsp3) is 0.679. The van der Waals surface area contributed by atoms with Crippen LogP contribution in [0.25, 0.3) is 0 Å². The van der Waals surface area contributed by atoms with Gasteiger partial charge < -0.3 is 4.74 Å². The van der Waals surface area contributed by atoms with Crippen molar-refractivity contribution < 1.29 is 9.53 Å². The molecule has 174 valence electrons. The molecule has 3 heteroatoms. The summed E-state index contributed by atoms with van der Waals surface area (Å²) >= 11 is 1.92. The van der Waals surface area contributed by atoms with E-state index in [0.717, 1.165) is 51.4 Å². The third kappa shape index (κ3) is 8.64. The van der Waals surface area contributed by atoms with Crippen molar-refractivity contribution in [2.75, 3.05) is 0 Å². The van der Waals surface area contributed by atoms with Crippen LogP contribution in [-0.2, 0) is 9.53 Å². The first-order valence-corrected chi connectivity index (χ1v) is 13.2. The molecule has 1 saturated heterocycles. The molecule has 0 radical (unpaired) electrons. The van der Waals surface area contributed by atoms with Crippen molar-refractivity contribution in [3.63, 3.8) is 0 Å². The Kier molecular flexibility index (Phi) is 10.7. The molecular formula is C28H43IO2. The molecule has 1 heterocycles. The van der Waals surface area contributed by atoms with Crippen molar-refractivity contribution >= 4 is 26.4 Å². The zero-order chi connectivity index (χ0) is 23.0. The standard InChI is InChI=1S/C28H43IO2/c1-20(12-8-14-23(4)27(29)30)10-7-11-21(2)13-9-18-28(6)19-17-25-16-15-22(3)24(5)26(25)31-28/h10,13,15-16,23-24,26H,7-9,11-12,14,17-19H2,1-6H3/b20-10+,21-13+. The summed E-state index contributed by atoms with van der Waals surface area (Å²) in [5.74, 6) is 0.690. The van der Waals surface area contributed by atoms with Gasteiger partial charge in [-0.3, -0.25) is 4.79 Å². The number of carbonyl (C=O) groups excluding carboxylic acids is 1. The van der Waals surface area contributed by atoms with Crippen LogP contribution in [0.15, 0.2) is 46.6 Å². The molecule has 4 atom stereocenters. The first-order chi connectivity index (χ1) is 14.6. The molecule has 4 unspecified atom stereocenters. The summed E-state index contributed by atoms with van der Waals surface area (Å²) in [5.41, 5.74) is 5.86. The average molecular weight is 539 g/mol. The number of allylic oxidation sites excluding steroid dienone is 6. The van der Waals surface area contributed by atoms with Crippen molar-refractivity contribution in [2.45, 2.75) is 111 Å². The lowest BCUT2D eigenvalue weighted by molar-refractivity contribution is -0.112. The summed E-state index contributed by atoms with van der Waals surface area (Å²) in [6.07, 6.45) is 19.6. The second-order valence-electron chi connectivity index (χ2n) is 10.2. The van der Waals surface area contributed by atoms with Crippen molar-refractivity contribution in [1.29, 1.82) is 0 Å². The van der Waals surface area contributed by atoms with Crippen LogP contribution in [-0.4, -0.2) is 15.5 Å². The number of halogens is 1. The van der Waals surface area contributed by atoms with E-state index in [9.17, 15) is 4.79 Å². The number of hydrogen-bond acceptors (Lipinski definition) is 2. The monoisotopic (exact) mass is 538 g/mol. The predicted octanol–water partition coefficient (Wildman–Crippen LogP) is 8.67. The highest BCUT2D eigenvalue weighted by atomic mass is 127. The van der Waals surface area contributed by atoms with Crippen LogP contribution in [0.5, 0.6) is 0 Å². The Bertz CT molecular complexity index is 742. The molecule has 1 aliphatic heterocycles. The molecule has 0 aromatic rings. The number of ether oxygens (including phenoxy) is 1. The van der Waals surface area contributed by atoms with E-state index >= 15 is 0 Å². The number of hydrogen-bond donors (Lipinski definition) is 0. The quantitative estimate of drug-likeness (QED) is 0.149. The Morgan fingerprint density at radius 2 is 1.90 bits per heavy atom. The van der Waals surface area contributed by atoms with Crippen LogP contribution in [0, 0.1) is 11.8 Å². The van der Waals surface area contributed by atoms with Crippen molar-refractivity contribution in [2.24, 2.45) is 11.8 Å². The zero-order valence-corrected chi connectivity index (χ0v) is 22.8. The predicted molar refractivity (Wildman–Crippen MR) is 142 cm³/mol. The van der Waals surface area contributed by atoms with Crippen LogP contribution < -0.4 is 0 Å². The lowest BCUT2D eigenvalue weighted by Crippen LogP contribution is -2.43. The lowest BCUT2D eigenvalue weighted by Gasteiger charge is -2.44. The first kappa shape index (κ1) is 26.6. The Hall–Kier alpha value is -0.680. The van der Waals surface area contributed by atoms with Crippen LogP contribution in [0.3, 0.4) is 0 Å². The van der Waals surface area contributed by atoms with E-state index in [4.69, 9.17) is 4.74 Å². The van der Waals surface area contributed by atoms with E-state index in [1.54, 1.807) is 0 Å². The van der Waals surface area contributed by atoms with Crippen LogP contribution in [0.1, 0.15) is 99.3 Å². The Labute approximate surface area is 204 Å². The average Bonchev–Trinajstić information content (AvgIpc) is 2.71. The van der Waals surface area contributed by atoms with E-state index in [1.807, 2.05) is 29.5 Å². The fourth-order valence-electron chi connectivity index (χ4n) is 4.58. The highest BCUT2D eigenvalue weighted by Gasteiger charge is 2.38. The summed E-state index contributed by atoms with van der Waals surface area (Å²) < 4.78 is 6.94. The third-order valence-corrected chi connectivity index (χ3v) is 8.31. The second-order valence-corrected chi connectivity index (χ2v) is 11.3. The molecule has 0 saturated carbocycles. The van der Waals surface area contributed by atoms with Gasteiger partial charge in [-0.2, -0.15) is 0 Å². The summed E-state index contributed by atoms with van der Waals surface area (Å²) in [6, 6.07) is 0. The molecule has 2 rings (SSSR count). The van der Waals surface area contributed by atoms with Gasteiger partial charge in [0.2, 0.25) is 0 Å². The van der Waals surface area contributed by atoms with Gasteiger partial charge in [-0.25, -0.2) is 0 Å². The van der Waals surface area contributed by atoms with Gasteiger partial charge in [0.25, 0.3) is 0 Å². The topological polar surface area (TPSA) is 26.3 Å². The van der Waals surface area contributed by atoms with Crippen LogP contribution >= 0.6 is 22.6 Å². The van der Waals surface area contributed by atoms with Gasteiger partial charge in [0, 0.05) is 11.8 Å². The minimum Gasteiger partial charge on any atom is -0.367 e. The van der Waals surface area contributed by atoms with Crippen LogP contribution in [0.2, 0.25) is 0 Å². The van der Waals surface area contributed by atoms with Gasteiger partial charge in [0.1, 0.15) is 0 Å². The van der Waals surface area contributed by atoms with E-state index in [0.29, 0.717) is 5.92 Å². The maximum atomic E-state index is 11.3.